The van der Waals surface area contributed by atoms with Crippen LogP contribution in [0.25, 0.3) is 0 Å². The first-order valence-corrected chi connectivity index (χ1v) is 7.32. The zero-order valence-electron chi connectivity index (χ0n) is 12.0. The molecule has 1 aromatic heterocycles. The van der Waals surface area contributed by atoms with Crippen LogP contribution < -0.4 is 5.32 Å². The Bertz CT molecular complexity index is 542. The predicted octanol–water partition coefficient (Wildman–Crippen LogP) is 1.67. The van der Waals surface area contributed by atoms with Gasteiger partial charge in [-0.3, -0.25) is 9.48 Å². The standard InChI is InChI=1S/C14H20N4O3/c1-17-8-10(7-15-17)16-14(21)18-11-2-3-12(18)5-9(4-11)6-13(19)20/h7-9,11-12H,2-6H2,1H3,(H,16,21)(H,19,20). The lowest BCUT2D eigenvalue weighted by molar-refractivity contribution is -0.138. The van der Waals surface area contributed by atoms with Gasteiger partial charge >= 0.3 is 12.0 Å². The van der Waals surface area contributed by atoms with E-state index >= 15 is 0 Å². The number of nitrogens with zero attached hydrogens (tertiary/aromatic N) is 3. The van der Waals surface area contributed by atoms with Crippen LogP contribution >= 0.6 is 0 Å². The Morgan fingerprint density at radius 2 is 2.05 bits per heavy atom. The molecule has 2 saturated heterocycles. The number of hydrogen-bond donors (Lipinski definition) is 2. The molecule has 2 amide bonds. The zero-order valence-corrected chi connectivity index (χ0v) is 12.0. The molecule has 1 aromatic rings. The molecule has 0 saturated carbocycles. The van der Waals surface area contributed by atoms with Crippen LogP contribution in [0, 0.1) is 5.92 Å². The summed E-state index contributed by atoms with van der Waals surface area (Å²) in [5, 5.41) is 15.8. The summed E-state index contributed by atoms with van der Waals surface area (Å²) in [6.45, 7) is 0. The highest BCUT2D eigenvalue weighted by Crippen LogP contribution is 2.40. The number of aromatic nitrogens is 2. The summed E-state index contributed by atoms with van der Waals surface area (Å²) < 4.78 is 1.64. The fourth-order valence-electron chi connectivity index (χ4n) is 3.71. The van der Waals surface area contributed by atoms with Crippen LogP contribution in [0.15, 0.2) is 12.4 Å². The molecule has 3 rings (SSSR count). The average Bonchev–Trinajstić information content (AvgIpc) is 2.91. The monoisotopic (exact) mass is 292 g/mol. The fourth-order valence-corrected chi connectivity index (χ4v) is 3.71. The molecule has 2 unspecified atom stereocenters. The third-order valence-electron chi connectivity index (χ3n) is 4.48. The summed E-state index contributed by atoms with van der Waals surface area (Å²) in [6.07, 6.45) is 7.13. The molecule has 7 heteroatoms. The van der Waals surface area contributed by atoms with E-state index in [0.717, 1.165) is 25.7 Å². The molecule has 0 radical (unpaired) electrons. The molecule has 114 valence electrons. The van der Waals surface area contributed by atoms with Crippen molar-refractivity contribution >= 4 is 17.7 Å². The van der Waals surface area contributed by atoms with Crippen molar-refractivity contribution in [3.05, 3.63) is 12.4 Å². The predicted molar refractivity (Wildman–Crippen MR) is 75.9 cm³/mol. The summed E-state index contributed by atoms with van der Waals surface area (Å²) in [7, 11) is 1.80. The van der Waals surface area contributed by atoms with E-state index in [-0.39, 0.29) is 30.5 Å². The molecule has 2 fully saturated rings. The minimum Gasteiger partial charge on any atom is -0.481 e. The maximum absolute atomic E-state index is 12.4. The summed E-state index contributed by atoms with van der Waals surface area (Å²) in [6, 6.07) is 0.249. The Labute approximate surface area is 122 Å². The van der Waals surface area contributed by atoms with Crippen LogP contribution in [-0.4, -0.2) is 43.9 Å². The average molecular weight is 292 g/mol. The summed E-state index contributed by atoms with van der Waals surface area (Å²) in [5.41, 5.74) is 0.689. The van der Waals surface area contributed by atoms with Gasteiger partial charge in [0.25, 0.3) is 0 Å². The van der Waals surface area contributed by atoms with Crippen LogP contribution in [0.2, 0.25) is 0 Å². The van der Waals surface area contributed by atoms with Crippen molar-refractivity contribution in [2.75, 3.05) is 5.32 Å². The van der Waals surface area contributed by atoms with E-state index in [0.29, 0.717) is 5.69 Å². The van der Waals surface area contributed by atoms with E-state index in [9.17, 15) is 9.59 Å². The molecular weight excluding hydrogens is 272 g/mol. The Balaban J connectivity index is 1.64. The van der Waals surface area contributed by atoms with E-state index in [1.807, 2.05) is 4.90 Å². The van der Waals surface area contributed by atoms with Crippen LogP contribution in [0.5, 0.6) is 0 Å². The minimum atomic E-state index is -0.743. The third kappa shape index (κ3) is 2.86. The van der Waals surface area contributed by atoms with E-state index in [4.69, 9.17) is 5.11 Å². The second kappa shape index (κ2) is 5.38. The number of aliphatic carboxylic acids is 1. The quantitative estimate of drug-likeness (QED) is 0.887. The summed E-state index contributed by atoms with van der Waals surface area (Å²) >= 11 is 0. The van der Waals surface area contributed by atoms with Gasteiger partial charge in [-0.15, -0.1) is 0 Å². The first kappa shape index (κ1) is 13.9. The largest absolute Gasteiger partial charge is 0.481 e. The Morgan fingerprint density at radius 3 is 2.57 bits per heavy atom. The van der Waals surface area contributed by atoms with Crippen LogP contribution in [0.4, 0.5) is 10.5 Å². The number of carbonyl (C=O) groups excluding carboxylic acids is 1. The SMILES string of the molecule is Cn1cc(NC(=O)N2C3CCC2CC(CC(=O)O)C3)cn1. The highest BCUT2D eigenvalue weighted by atomic mass is 16.4. The number of amides is 2. The van der Waals surface area contributed by atoms with Crippen LogP contribution in [0.3, 0.4) is 0 Å². The zero-order chi connectivity index (χ0) is 15.0. The van der Waals surface area contributed by atoms with Gasteiger partial charge in [0.1, 0.15) is 0 Å². The summed E-state index contributed by atoms with van der Waals surface area (Å²) in [5.74, 6) is -0.546. The Morgan fingerprint density at radius 1 is 1.38 bits per heavy atom. The van der Waals surface area contributed by atoms with Crippen molar-refractivity contribution in [1.82, 2.24) is 14.7 Å². The highest BCUT2D eigenvalue weighted by molar-refractivity contribution is 5.89. The van der Waals surface area contributed by atoms with Gasteiger partial charge in [0.05, 0.1) is 11.9 Å². The Hall–Kier alpha value is -2.05. The molecule has 2 bridgehead atoms. The first-order valence-electron chi connectivity index (χ1n) is 7.32. The molecule has 2 atom stereocenters. The number of urea groups is 1. The van der Waals surface area contributed by atoms with Gasteiger partial charge in [-0.05, 0) is 31.6 Å². The van der Waals surface area contributed by atoms with Gasteiger partial charge < -0.3 is 15.3 Å². The normalized spacial score (nSPS) is 27.7. The van der Waals surface area contributed by atoms with Crippen molar-refractivity contribution < 1.29 is 14.7 Å². The first-order chi connectivity index (χ1) is 10.0. The van der Waals surface area contributed by atoms with Crippen molar-refractivity contribution in [3.63, 3.8) is 0 Å². The van der Waals surface area contributed by atoms with Gasteiger partial charge in [-0.2, -0.15) is 5.10 Å². The molecule has 2 aliphatic heterocycles. The maximum atomic E-state index is 12.4. The van der Waals surface area contributed by atoms with E-state index in [1.54, 1.807) is 24.1 Å². The van der Waals surface area contributed by atoms with Crippen LogP contribution in [-0.2, 0) is 11.8 Å². The van der Waals surface area contributed by atoms with E-state index in [1.165, 1.54) is 0 Å². The summed E-state index contributed by atoms with van der Waals surface area (Å²) in [4.78, 5) is 25.2. The molecule has 0 aliphatic carbocycles. The lowest BCUT2D eigenvalue weighted by Gasteiger charge is -2.38. The number of anilines is 1. The number of piperidine rings is 1. The van der Waals surface area contributed by atoms with Crippen molar-refractivity contribution in [3.8, 4) is 0 Å². The second-order valence-corrected chi connectivity index (χ2v) is 6.06. The van der Waals surface area contributed by atoms with Crippen molar-refractivity contribution in [1.29, 1.82) is 0 Å². The lowest BCUT2D eigenvalue weighted by Crippen LogP contribution is -2.48. The number of carboxylic acids is 1. The van der Waals surface area contributed by atoms with Crippen molar-refractivity contribution in [2.45, 2.75) is 44.2 Å². The van der Waals surface area contributed by atoms with Gasteiger partial charge in [-0.25, -0.2) is 4.79 Å². The third-order valence-corrected chi connectivity index (χ3v) is 4.48. The van der Waals surface area contributed by atoms with Gasteiger partial charge in [0.15, 0.2) is 0 Å². The lowest BCUT2D eigenvalue weighted by atomic mass is 9.88. The van der Waals surface area contributed by atoms with Gasteiger partial charge in [0.2, 0.25) is 0 Å². The molecule has 2 N–H and O–H groups in total. The fraction of sp³-hybridized carbons (Fsp3) is 0.643. The molecule has 3 heterocycles. The number of hydrogen-bond acceptors (Lipinski definition) is 3. The number of carboxylic acid groups (broad SMARTS) is 1. The highest BCUT2D eigenvalue weighted by Gasteiger charge is 2.43. The number of fused-ring (bicyclic) bond motifs is 2. The van der Waals surface area contributed by atoms with E-state index in [2.05, 4.69) is 10.4 Å². The molecule has 21 heavy (non-hydrogen) atoms. The van der Waals surface area contributed by atoms with Gasteiger partial charge in [0, 0.05) is 31.7 Å². The number of aryl methyl sites for hydroxylation is 1. The number of nitrogens with one attached hydrogen (secondary N) is 1. The van der Waals surface area contributed by atoms with E-state index < -0.39 is 5.97 Å². The molecule has 7 nitrogen and oxygen atoms in total. The Kier molecular flexibility index (Phi) is 3.57. The molecule has 0 aromatic carbocycles. The second-order valence-electron chi connectivity index (χ2n) is 6.06. The molecule has 2 aliphatic rings. The topological polar surface area (TPSA) is 87.5 Å². The number of rotatable bonds is 3. The minimum absolute atomic E-state index is 0.0933. The molecular formula is C14H20N4O3. The number of carbonyl (C=O) groups is 2. The van der Waals surface area contributed by atoms with Gasteiger partial charge in [-0.1, -0.05) is 0 Å². The maximum Gasteiger partial charge on any atom is 0.322 e. The molecule has 0 spiro atoms. The van der Waals surface area contributed by atoms with Crippen LogP contribution in [0.1, 0.15) is 32.1 Å². The smallest absolute Gasteiger partial charge is 0.322 e. The van der Waals surface area contributed by atoms with Crippen molar-refractivity contribution in [2.24, 2.45) is 13.0 Å².